The van der Waals surface area contributed by atoms with Gasteiger partial charge in [-0.15, -0.1) is 0 Å². The molecule has 1 aromatic heterocycles. The van der Waals surface area contributed by atoms with Crippen LogP contribution < -0.4 is 16.3 Å². The van der Waals surface area contributed by atoms with Gasteiger partial charge >= 0.3 is 17.6 Å². The number of anilines is 1. The van der Waals surface area contributed by atoms with Crippen LogP contribution in [0.5, 0.6) is 0 Å². The summed E-state index contributed by atoms with van der Waals surface area (Å²) in [7, 11) is 0. The molecule has 2 amide bonds. The summed E-state index contributed by atoms with van der Waals surface area (Å²) in [6.45, 7) is 2.61. The molecule has 0 unspecified atom stereocenters. The number of Topliss-reactive ketones (excluding diaryl/α,β-unsaturated/α-hetero) is 2. The molecule has 16 nitrogen and oxygen atoms in total. The van der Waals surface area contributed by atoms with E-state index in [0.29, 0.717) is 30.0 Å². The maximum atomic E-state index is 14.3. The lowest BCUT2D eigenvalue weighted by Crippen LogP contribution is -2.41. The van der Waals surface area contributed by atoms with Gasteiger partial charge in [-0.2, -0.15) is 25.5 Å². The van der Waals surface area contributed by atoms with Crippen molar-refractivity contribution < 1.29 is 61.9 Å². The van der Waals surface area contributed by atoms with Gasteiger partial charge in [0.2, 0.25) is 12.1 Å². The summed E-state index contributed by atoms with van der Waals surface area (Å²) in [6.07, 6.45) is -5.22. The number of rotatable bonds is 23. The Hall–Kier alpha value is -3.36. The van der Waals surface area contributed by atoms with Crippen molar-refractivity contribution >= 4 is 46.9 Å². The van der Waals surface area contributed by atoms with Crippen LogP contribution in [0.4, 0.5) is 14.6 Å². The van der Waals surface area contributed by atoms with E-state index in [-0.39, 0.29) is 56.4 Å². The second kappa shape index (κ2) is 20.9. The summed E-state index contributed by atoms with van der Waals surface area (Å²) in [5.74, 6) is -6.03. The number of aromatic nitrogens is 2. The minimum atomic E-state index is -3.91. The molecule has 0 saturated carbocycles. The summed E-state index contributed by atoms with van der Waals surface area (Å²) >= 11 is 1.48. The number of hydrogen-bond acceptors (Lipinski definition) is 14. The van der Waals surface area contributed by atoms with Crippen LogP contribution in [0.2, 0.25) is 0 Å². The first-order valence-corrected chi connectivity index (χ1v) is 16.3. The molecule has 19 heteroatoms. The zero-order valence-corrected chi connectivity index (χ0v) is 27.5. The molecule has 1 saturated heterocycles. The summed E-state index contributed by atoms with van der Waals surface area (Å²) in [5.41, 5.74) is -1.24. The predicted molar refractivity (Wildman–Crippen MR) is 165 cm³/mol. The first-order chi connectivity index (χ1) is 22.8. The van der Waals surface area contributed by atoms with Gasteiger partial charge in [0.15, 0.2) is 12.7 Å². The predicted octanol–water partition coefficient (Wildman–Crippen LogP) is -0.152. The van der Waals surface area contributed by atoms with E-state index in [4.69, 9.17) is 24.1 Å². The Balaban J connectivity index is 1.72. The molecule has 0 aliphatic carbocycles. The molecule has 0 aromatic carbocycles. The summed E-state index contributed by atoms with van der Waals surface area (Å²) in [4.78, 5) is 76.1. The van der Waals surface area contributed by atoms with E-state index in [1.807, 2.05) is 6.92 Å². The quantitative estimate of drug-likeness (QED) is 0.0858. The van der Waals surface area contributed by atoms with Crippen LogP contribution in [0.3, 0.4) is 0 Å². The highest BCUT2D eigenvalue weighted by Crippen LogP contribution is 2.42. The van der Waals surface area contributed by atoms with Gasteiger partial charge in [-0.3, -0.25) is 28.5 Å². The first-order valence-electron chi connectivity index (χ1n) is 15.2. The van der Waals surface area contributed by atoms with E-state index in [1.165, 1.54) is 18.7 Å². The number of carbonyl (C=O) groups is 5. The van der Waals surface area contributed by atoms with E-state index >= 15 is 0 Å². The lowest BCUT2D eigenvalue weighted by Gasteiger charge is -2.21. The molecule has 0 spiro atoms. The molecule has 4 N–H and O–H groups in total. The summed E-state index contributed by atoms with van der Waals surface area (Å²) in [5, 5.41) is 23.5. The minimum absolute atomic E-state index is 0.0121. The molecular formula is C29H42F2N4O12S. The minimum Gasteiger partial charge on any atom is -0.456 e. The van der Waals surface area contributed by atoms with Crippen LogP contribution in [0.1, 0.15) is 45.8 Å². The fourth-order valence-corrected chi connectivity index (χ4v) is 4.99. The molecule has 2 heterocycles. The normalized spacial score (nSPS) is 19.0. The molecule has 1 aliphatic heterocycles. The molecule has 48 heavy (non-hydrogen) atoms. The van der Waals surface area contributed by atoms with Crippen molar-refractivity contribution in [1.82, 2.24) is 14.9 Å². The number of aliphatic hydroxyl groups is 2. The number of esters is 1. The van der Waals surface area contributed by atoms with Crippen molar-refractivity contribution in [2.45, 2.75) is 63.9 Å². The van der Waals surface area contributed by atoms with Crippen LogP contribution >= 0.6 is 11.8 Å². The number of ether oxygens (including phenoxy) is 4. The van der Waals surface area contributed by atoms with Crippen molar-refractivity contribution in [2.24, 2.45) is 5.92 Å². The fourth-order valence-electron chi connectivity index (χ4n) is 4.20. The van der Waals surface area contributed by atoms with Crippen molar-refractivity contribution in [3.8, 4) is 0 Å². The summed E-state index contributed by atoms with van der Waals surface area (Å²) in [6, 6.07) is 1.01. The highest BCUT2D eigenvalue weighted by molar-refractivity contribution is 7.99. The Morgan fingerprint density at radius 3 is 2.42 bits per heavy atom. The maximum Gasteiger partial charge on any atom is 0.351 e. The number of ketones is 2. The SMILES string of the molecule is CCSC[C@@H](CC(=O)CCOCCOCCC(C)=O)C(=O)NCCC(=O)OCC(=O)Nc1ccn([C@@H]2O[C@H](CO)[C@@H](O)C2(F)F)c(=O)n1. The molecule has 2 rings (SSSR count). The number of amides is 2. The van der Waals surface area contributed by atoms with Crippen LogP contribution in [-0.2, 0) is 42.9 Å². The van der Waals surface area contributed by atoms with Gasteiger partial charge in [0, 0.05) is 37.8 Å². The number of hydrogen-bond donors (Lipinski definition) is 4. The molecule has 270 valence electrons. The first kappa shape index (κ1) is 40.8. The summed E-state index contributed by atoms with van der Waals surface area (Å²) < 4.78 is 49.4. The lowest BCUT2D eigenvalue weighted by molar-refractivity contribution is -0.147. The number of carbonyl (C=O) groups excluding carboxylic acids is 5. The Morgan fingerprint density at radius 1 is 1.12 bits per heavy atom. The van der Waals surface area contributed by atoms with Gasteiger partial charge in [0.25, 0.3) is 5.91 Å². The second-order valence-corrected chi connectivity index (χ2v) is 11.9. The van der Waals surface area contributed by atoms with Crippen molar-refractivity contribution in [2.75, 3.05) is 63.0 Å². The van der Waals surface area contributed by atoms with Crippen LogP contribution in [0, 0.1) is 5.92 Å². The molecule has 1 aliphatic rings. The molecule has 1 aromatic rings. The molecule has 1 fully saturated rings. The zero-order valence-electron chi connectivity index (χ0n) is 26.7. The van der Waals surface area contributed by atoms with Gasteiger partial charge in [0.05, 0.1) is 45.4 Å². The van der Waals surface area contributed by atoms with Gasteiger partial charge in [-0.05, 0) is 18.7 Å². The number of nitrogens with zero attached hydrogens (tertiary/aromatic N) is 2. The molecular weight excluding hydrogens is 666 g/mol. The van der Waals surface area contributed by atoms with Gasteiger partial charge in [-0.1, -0.05) is 6.92 Å². The Labute approximate surface area is 279 Å². The number of thioether (sulfide) groups is 1. The van der Waals surface area contributed by atoms with Crippen LogP contribution in [0.15, 0.2) is 17.1 Å². The third kappa shape index (κ3) is 13.6. The maximum absolute atomic E-state index is 14.3. The third-order valence-corrected chi connectivity index (χ3v) is 7.81. The third-order valence-electron chi connectivity index (χ3n) is 6.77. The van der Waals surface area contributed by atoms with E-state index in [2.05, 4.69) is 15.6 Å². The smallest absolute Gasteiger partial charge is 0.351 e. The van der Waals surface area contributed by atoms with Gasteiger partial charge in [-0.25, -0.2) is 4.79 Å². The molecule has 0 radical (unpaired) electrons. The number of nitrogens with one attached hydrogen (secondary N) is 2. The van der Waals surface area contributed by atoms with E-state index in [0.717, 1.165) is 18.0 Å². The standard InChI is InChI=1S/C29H42F2N4O12S/c1-3-48-17-19(14-20(38)7-11-45-13-12-44-10-6-18(2)37)26(42)32-8-4-24(40)46-16-23(39)33-22-5-9-35(28(43)34-22)27-29(30,31)25(41)21(15-36)47-27/h5,9,19,21,25,27,36,41H,3-4,6-8,10-17H2,1-2H3,(H,32,42)(H,33,34,39,43)/t19-,21-,25-,27-/m1/s1. The number of halogens is 2. The van der Waals surface area contributed by atoms with Gasteiger partial charge < -0.3 is 39.8 Å². The van der Waals surface area contributed by atoms with Crippen molar-refractivity contribution in [3.63, 3.8) is 0 Å². The van der Waals surface area contributed by atoms with E-state index in [1.54, 1.807) is 0 Å². The van der Waals surface area contributed by atoms with E-state index in [9.17, 15) is 42.7 Å². The van der Waals surface area contributed by atoms with Crippen molar-refractivity contribution in [3.05, 3.63) is 22.7 Å². The molecule has 0 bridgehead atoms. The van der Waals surface area contributed by atoms with E-state index < -0.39 is 67.0 Å². The monoisotopic (exact) mass is 708 g/mol. The Kier molecular flexibility index (Phi) is 17.8. The van der Waals surface area contributed by atoms with Crippen LogP contribution in [0.25, 0.3) is 0 Å². The number of aliphatic hydroxyl groups excluding tert-OH is 2. The highest BCUT2D eigenvalue weighted by Gasteiger charge is 2.59. The Bertz CT molecular complexity index is 1300. The number of alkyl halides is 2. The van der Waals surface area contributed by atoms with Gasteiger partial charge in [0.1, 0.15) is 23.5 Å². The average Bonchev–Trinajstić information content (AvgIpc) is 3.26. The topological polar surface area (TPSA) is 222 Å². The fraction of sp³-hybridized carbons (Fsp3) is 0.690. The average molecular weight is 709 g/mol. The second-order valence-electron chi connectivity index (χ2n) is 10.6. The lowest BCUT2D eigenvalue weighted by atomic mass is 10.0. The van der Waals surface area contributed by atoms with Crippen LogP contribution in [-0.4, -0.2) is 125 Å². The zero-order chi connectivity index (χ0) is 35.7. The Morgan fingerprint density at radius 2 is 1.81 bits per heavy atom. The molecule has 4 atom stereocenters. The highest BCUT2D eigenvalue weighted by atomic mass is 32.2. The van der Waals surface area contributed by atoms with Crippen molar-refractivity contribution in [1.29, 1.82) is 0 Å². The largest absolute Gasteiger partial charge is 0.456 e.